The topological polar surface area (TPSA) is 96.7 Å². The quantitative estimate of drug-likeness (QED) is 0.656. The number of anilines is 1. The van der Waals surface area contributed by atoms with Crippen LogP contribution in [-0.4, -0.2) is 21.1 Å². The largest absolute Gasteiger partial charge is 0.326 e. The van der Waals surface area contributed by atoms with Gasteiger partial charge in [0.25, 0.3) is 0 Å². The maximum absolute atomic E-state index is 12.2. The van der Waals surface area contributed by atoms with Crippen molar-refractivity contribution < 1.29 is 4.79 Å². The molecule has 0 radical (unpaired) electrons. The summed E-state index contributed by atoms with van der Waals surface area (Å²) in [5.41, 5.74) is 7.20. The van der Waals surface area contributed by atoms with E-state index in [2.05, 4.69) is 34.3 Å². The Morgan fingerprint density at radius 1 is 1.29 bits per heavy atom. The number of nitrogens with one attached hydrogen (secondary N) is 2. The lowest BCUT2D eigenvalue weighted by Gasteiger charge is -2.14. The number of hydrogen-bond acceptors (Lipinski definition) is 4. The number of carbonyl (C=O) groups excluding carboxylic acids is 1. The Hall–Kier alpha value is -2.21. The Bertz CT molecular complexity index is 635. The Morgan fingerprint density at radius 3 is 2.62 bits per heavy atom. The van der Waals surface area contributed by atoms with Crippen LogP contribution in [0, 0.1) is 5.92 Å². The van der Waals surface area contributed by atoms with Gasteiger partial charge in [0, 0.05) is 17.7 Å². The molecular weight excluding hydrogens is 302 g/mol. The van der Waals surface area contributed by atoms with Crippen molar-refractivity contribution in [1.29, 1.82) is 0 Å². The maximum atomic E-state index is 12.2. The van der Waals surface area contributed by atoms with Crippen molar-refractivity contribution >= 4 is 11.6 Å². The van der Waals surface area contributed by atoms with E-state index < -0.39 is 0 Å². The van der Waals surface area contributed by atoms with Crippen LogP contribution in [0.3, 0.4) is 0 Å². The van der Waals surface area contributed by atoms with Crippen molar-refractivity contribution in [1.82, 2.24) is 15.2 Å². The molecule has 2 rings (SSSR count). The number of nitrogens with two attached hydrogens (primary N) is 1. The fourth-order valence-corrected chi connectivity index (χ4v) is 2.64. The number of hydrogen-bond donors (Lipinski definition) is 3. The minimum Gasteiger partial charge on any atom is -0.326 e. The number of aromatic nitrogens is 3. The van der Waals surface area contributed by atoms with Crippen LogP contribution in [0.5, 0.6) is 0 Å². The zero-order chi connectivity index (χ0) is 17.4. The molecule has 0 spiro atoms. The fourth-order valence-electron chi connectivity index (χ4n) is 2.64. The monoisotopic (exact) mass is 329 g/mol. The van der Waals surface area contributed by atoms with E-state index in [0.29, 0.717) is 30.5 Å². The van der Waals surface area contributed by atoms with Crippen molar-refractivity contribution in [3.05, 3.63) is 30.1 Å². The van der Waals surface area contributed by atoms with Crippen molar-refractivity contribution in [3.8, 4) is 11.4 Å². The van der Waals surface area contributed by atoms with Crippen molar-refractivity contribution in [2.24, 2.45) is 11.7 Å². The van der Waals surface area contributed by atoms with E-state index in [1.807, 2.05) is 24.3 Å². The number of nitrogens with zero attached hydrogens (tertiary/aromatic N) is 2. The van der Waals surface area contributed by atoms with E-state index in [1.165, 1.54) is 12.8 Å². The van der Waals surface area contributed by atoms with E-state index in [1.54, 1.807) is 0 Å². The predicted octanol–water partition coefficient (Wildman–Crippen LogP) is 3.48. The lowest BCUT2D eigenvalue weighted by Crippen LogP contribution is -2.16. The second-order valence-corrected chi connectivity index (χ2v) is 6.06. The van der Waals surface area contributed by atoms with Crippen molar-refractivity contribution in [2.75, 3.05) is 5.32 Å². The number of rotatable bonds is 9. The van der Waals surface area contributed by atoms with Crippen LogP contribution in [0.25, 0.3) is 11.4 Å². The average molecular weight is 329 g/mol. The van der Waals surface area contributed by atoms with Gasteiger partial charge in [-0.1, -0.05) is 33.1 Å². The van der Waals surface area contributed by atoms with Crippen LogP contribution >= 0.6 is 0 Å². The third kappa shape index (κ3) is 5.16. The molecule has 4 N–H and O–H groups in total. The molecule has 1 aromatic carbocycles. The summed E-state index contributed by atoms with van der Waals surface area (Å²) in [7, 11) is 0. The summed E-state index contributed by atoms with van der Waals surface area (Å²) in [6.07, 6.45) is 5.10. The Morgan fingerprint density at radius 2 is 2.04 bits per heavy atom. The lowest BCUT2D eigenvalue weighted by atomic mass is 9.95. The molecule has 1 atom stereocenters. The third-order valence-electron chi connectivity index (χ3n) is 4.17. The number of amides is 1. The zero-order valence-electron chi connectivity index (χ0n) is 14.5. The molecule has 130 valence electrons. The minimum atomic E-state index is 0.0778. The van der Waals surface area contributed by atoms with Crippen LogP contribution in [0.15, 0.2) is 24.3 Å². The zero-order valence-corrected chi connectivity index (χ0v) is 14.5. The second-order valence-electron chi connectivity index (χ2n) is 6.06. The summed E-state index contributed by atoms with van der Waals surface area (Å²) in [4.78, 5) is 16.5. The lowest BCUT2D eigenvalue weighted by molar-refractivity contribution is -0.117. The predicted molar refractivity (Wildman–Crippen MR) is 96.3 cm³/mol. The van der Waals surface area contributed by atoms with E-state index in [4.69, 9.17) is 5.73 Å². The highest BCUT2D eigenvalue weighted by Gasteiger charge is 2.12. The molecule has 0 saturated carbocycles. The van der Waals surface area contributed by atoms with Gasteiger partial charge in [0.1, 0.15) is 5.82 Å². The molecule has 6 nitrogen and oxygen atoms in total. The number of H-pyrrole nitrogens is 1. The molecule has 6 heteroatoms. The van der Waals surface area contributed by atoms with Gasteiger partial charge in [-0.05, 0) is 36.6 Å². The summed E-state index contributed by atoms with van der Waals surface area (Å²) >= 11 is 0. The summed E-state index contributed by atoms with van der Waals surface area (Å²) in [6.45, 7) is 4.66. The van der Waals surface area contributed by atoms with E-state index in [-0.39, 0.29) is 5.91 Å². The first-order chi connectivity index (χ1) is 11.7. The molecule has 0 aliphatic carbocycles. The number of unbranched alkanes of at least 4 members (excludes halogenated alkanes) is 1. The number of benzene rings is 1. The molecule has 0 bridgehead atoms. The van der Waals surface area contributed by atoms with Crippen LogP contribution in [-0.2, 0) is 11.3 Å². The Kier molecular flexibility index (Phi) is 6.93. The molecular formula is C18H27N5O. The highest BCUT2D eigenvalue weighted by molar-refractivity contribution is 5.91. The molecule has 0 aliphatic heterocycles. The fraction of sp³-hybridized carbons (Fsp3) is 0.500. The van der Waals surface area contributed by atoms with Gasteiger partial charge in [0.15, 0.2) is 5.82 Å². The molecule has 1 unspecified atom stereocenters. The molecule has 1 heterocycles. The van der Waals surface area contributed by atoms with Crippen LogP contribution in [0.2, 0.25) is 0 Å². The molecule has 24 heavy (non-hydrogen) atoms. The average Bonchev–Trinajstić information content (AvgIpc) is 3.08. The molecule has 0 aliphatic rings. The van der Waals surface area contributed by atoms with Crippen LogP contribution in [0.4, 0.5) is 5.69 Å². The Balaban J connectivity index is 1.92. The van der Waals surface area contributed by atoms with E-state index >= 15 is 0 Å². The van der Waals surface area contributed by atoms with Gasteiger partial charge in [-0.25, -0.2) is 4.98 Å². The SMILES string of the molecule is CCCCC(CC)CC(=O)Nc1ccc(-c2n[nH]c(CN)n2)cc1. The van der Waals surface area contributed by atoms with Gasteiger partial charge in [0.2, 0.25) is 5.91 Å². The summed E-state index contributed by atoms with van der Waals surface area (Å²) in [5, 5.41) is 9.88. The summed E-state index contributed by atoms with van der Waals surface area (Å²) in [6, 6.07) is 7.54. The number of carbonyl (C=O) groups is 1. The smallest absolute Gasteiger partial charge is 0.224 e. The molecule has 0 fully saturated rings. The molecule has 1 aromatic heterocycles. The van der Waals surface area contributed by atoms with Crippen LogP contribution in [0.1, 0.15) is 51.8 Å². The van der Waals surface area contributed by atoms with Gasteiger partial charge in [0.05, 0.1) is 6.54 Å². The van der Waals surface area contributed by atoms with Gasteiger partial charge in [-0.2, -0.15) is 5.10 Å². The standard InChI is InChI=1S/C18H27N5O/c1-3-5-6-13(4-2)11-17(24)20-15-9-7-14(8-10-15)18-21-16(12-19)22-23-18/h7-10,13H,3-6,11-12,19H2,1-2H3,(H,20,24)(H,21,22,23). The molecule has 0 saturated heterocycles. The highest BCUT2D eigenvalue weighted by Crippen LogP contribution is 2.20. The first-order valence-corrected chi connectivity index (χ1v) is 8.67. The van der Waals surface area contributed by atoms with Crippen molar-refractivity contribution in [3.63, 3.8) is 0 Å². The highest BCUT2D eigenvalue weighted by atomic mass is 16.1. The summed E-state index contributed by atoms with van der Waals surface area (Å²) in [5.74, 6) is 1.81. The third-order valence-corrected chi connectivity index (χ3v) is 4.17. The van der Waals surface area contributed by atoms with E-state index in [0.717, 1.165) is 24.1 Å². The van der Waals surface area contributed by atoms with Crippen LogP contribution < -0.4 is 11.1 Å². The van der Waals surface area contributed by atoms with Gasteiger partial charge in [-0.3, -0.25) is 9.89 Å². The minimum absolute atomic E-state index is 0.0778. The second kappa shape index (κ2) is 9.17. The first-order valence-electron chi connectivity index (χ1n) is 8.67. The van der Waals surface area contributed by atoms with Crippen molar-refractivity contribution in [2.45, 2.75) is 52.5 Å². The maximum Gasteiger partial charge on any atom is 0.224 e. The normalized spacial score (nSPS) is 12.1. The Labute approximate surface area is 143 Å². The molecule has 2 aromatic rings. The van der Waals surface area contributed by atoms with Gasteiger partial charge < -0.3 is 11.1 Å². The van der Waals surface area contributed by atoms with Gasteiger partial charge >= 0.3 is 0 Å². The molecule has 1 amide bonds. The van der Waals surface area contributed by atoms with Gasteiger partial charge in [-0.15, -0.1) is 0 Å². The summed E-state index contributed by atoms with van der Waals surface area (Å²) < 4.78 is 0. The van der Waals surface area contributed by atoms with E-state index in [9.17, 15) is 4.79 Å². The first kappa shape index (κ1) is 18.1. The number of aromatic amines is 1.